The highest BCUT2D eigenvalue weighted by Gasteiger charge is 2.44. The summed E-state index contributed by atoms with van der Waals surface area (Å²) in [6, 6.07) is 1.06. The second kappa shape index (κ2) is 10.8. The summed E-state index contributed by atoms with van der Waals surface area (Å²) in [7, 11) is 0. The zero-order valence-electron chi connectivity index (χ0n) is 20.8. The van der Waals surface area contributed by atoms with Crippen LogP contribution < -0.4 is 10.6 Å². The van der Waals surface area contributed by atoms with Crippen LogP contribution in [-0.4, -0.2) is 78.4 Å². The van der Waals surface area contributed by atoms with Crippen LogP contribution in [0.4, 0.5) is 10.6 Å². The maximum atomic E-state index is 13.2. The molecule has 13 heteroatoms. The Morgan fingerprint density at radius 3 is 2.53 bits per heavy atom. The molecule has 13 nitrogen and oxygen atoms in total. The van der Waals surface area contributed by atoms with E-state index in [1.807, 2.05) is 19.9 Å². The molecule has 36 heavy (non-hydrogen) atoms. The Labute approximate surface area is 208 Å². The van der Waals surface area contributed by atoms with Crippen molar-refractivity contribution in [2.45, 2.75) is 77.2 Å². The number of carbonyl (C=O) groups excluding carboxylic acids is 2. The molecule has 5 N–H and O–H groups in total. The molecule has 3 heterocycles. The van der Waals surface area contributed by atoms with Crippen molar-refractivity contribution >= 4 is 28.9 Å². The lowest BCUT2D eigenvalue weighted by Crippen LogP contribution is -2.46. The molecule has 1 fully saturated rings. The Balaban J connectivity index is 1.93. The Hall–Kier alpha value is -3.31. The summed E-state index contributed by atoms with van der Waals surface area (Å²) in [4.78, 5) is 33.8. The van der Waals surface area contributed by atoms with E-state index in [-0.39, 0.29) is 28.3 Å². The number of ether oxygens (including phenoxy) is 2. The van der Waals surface area contributed by atoms with Crippen molar-refractivity contribution in [1.82, 2.24) is 19.9 Å². The second-order valence-corrected chi connectivity index (χ2v) is 10.0. The molecule has 5 atom stereocenters. The third-order valence-corrected chi connectivity index (χ3v) is 5.48. The second-order valence-electron chi connectivity index (χ2n) is 10.0. The van der Waals surface area contributed by atoms with Gasteiger partial charge in [0.1, 0.15) is 53.8 Å². The van der Waals surface area contributed by atoms with Crippen LogP contribution in [-0.2, 0) is 14.3 Å². The molecule has 0 radical (unpaired) electrons. The van der Waals surface area contributed by atoms with E-state index in [9.17, 15) is 30.2 Å². The van der Waals surface area contributed by atoms with Gasteiger partial charge in [-0.25, -0.2) is 14.8 Å². The van der Waals surface area contributed by atoms with E-state index in [1.165, 1.54) is 10.8 Å². The molecule has 0 saturated carbocycles. The van der Waals surface area contributed by atoms with Gasteiger partial charge in [-0.1, -0.05) is 13.8 Å². The van der Waals surface area contributed by atoms with Crippen molar-refractivity contribution in [2.75, 3.05) is 11.9 Å². The van der Waals surface area contributed by atoms with Crippen LogP contribution in [0.25, 0.3) is 11.0 Å². The number of hydrogen-bond acceptors (Lipinski definition) is 10. The van der Waals surface area contributed by atoms with Crippen LogP contribution in [0.3, 0.4) is 0 Å². The number of nitriles is 1. The summed E-state index contributed by atoms with van der Waals surface area (Å²) >= 11 is 0. The largest absolute Gasteiger partial charge is 0.444 e. The molecular weight excluding hydrogens is 472 g/mol. The van der Waals surface area contributed by atoms with Crippen molar-refractivity contribution in [3.05, 3.63) is 18.1 Å². The van der Waals surface area contributed by atoms with Gasteiger partial charge in [-0.05, 0) is 33.1 Å². The molecule has 0 spiro atoms. The topological polar surface area (TPSA) is 192 Å². The number of nitrogens with one attached hydrogen (secondary N) is 2. The number of aliphatic hydroxyl groups excluding tert-OH is 3. The number of aliphatic hydroxyl groups is 3. The van der Waals surface area contributed by atoms with Crippen molar-refractivity contribution in [3.8, 4) is 6.07 Å². The van der Waals surface area contributed by atoms with E-state index in [0.717, 1.165) is 6.33 Å². The SMILES string of the molecule is CC(C)CC(NC(=O)OC(C)(C)C)C(=O)Nc1ncnc2c1c(C#N)cn2[C@@H]1O[C@H](CO)C(O)[C@@H]1O. The fraction of sp³-hybridized carbons (Fsp3) is 0.609. The lowest BCUT2D eigenvalue weighted by molar-refractivity contribution is -0.118. The van der Waals surface area contributed by atoms with Crippen LogP contribution >= 0.6 is 0 Å². The summed E-state index contributed by atoms with van der Waals surface area (Å²) < 4.78 is 12.2. The first-order valence-corrected chi connectivity index (χ1v) is 11.5. The minimum atomic E-state index is -1.40. The van der Waals surface area contributed by atoms with Gasteiger partial charge in [0.2, 0.25) is 5.91 Å². The number of nitrogens with zero attached hydrogens (tertiary/aromatic N) is 4. The van der Waals surface area contributed by atoms with Crippen LogP contribution in [0.2, 0.25) is 0 Å². The first kappa shape index (κ1) is 27.3. The van der Waals surface area contributed by atoms with Crippen LogP contribution in [0.5, 0.6) is 0 Å². The van der Waals surface area contributed by atoms with Crippen molar-refractivity contribution in [3.63, 3.8) is 0 Å². The van der Waals surface area contributed by atoms with Crippen LogP contribution in [0.1, 0.15) is 52.8 Å². The Bertz CT molecular complexity index is 1150. The van der Waals surface area contributed by atoms with Gasteiger partial charge >= 0.3 is 6.09 Å². The van der Waals surface area contributed by atoms with Gasteiger partial charge in [0.25, 0.3) is 0 Å². The first-order valence-electron chi connectivity index (χ1n) is 11.5. The van der Waals surface area contributed by atoms with Gasteiger partial charge in [0.05, 0.1) is 17.6 Å². The van der Waals surface area contributed by atoms with Gasteiger partial charge in [0.15, 0.2) is 6.23 Å². The van der Waals surface area contributed by atoms with Crippen molar-refractivity contribution in [2.24, 2.45) is 5.92 Å². The Morgan fingerprint density at radius 2 is 1.97 bits per heavy atom. The van der Waals surface area contributed by atoms with Crippen LogP contribution in [0.15, 0.2) is 12.5 Å². The molecule has 196 valence electrons. The van der Waals surface area contributed by atoms with Gasteiger partial charge in [0, 0.05) is 6.20 Å². The summed E-state index contributed by atoms with van der Waals surface area (Å²) in [6.45, 7) is 8.41. The Kier molecular flexibility index (Phi) is 8.15. The van der Waals surface area contributed by atoms with Crippen LogP contribution in [0, 0.1) is 17.2 Å². The van der Waals surface area contributed by atoms with E-state index in [2.05, 4.69) is 20.6 Å². The minimum absolute atomic E-state index is 0.0202. The first-order chi connectivity index (χ1) is 16.9. The average molecular weight is 505 g/mol. The highest BCUT2D eigenvalue weighted by atomic mass is 16.6. The van der Waals surface area contributed by atoms with Crippen molar-refractivity contribution in [1.29, 1.82) is 5.26 Å². The Morgan fingerprint density at radius 1 is 1.28 bits per heavy atom. The molecule has 0 aromatic carbocycles. The van der Waals surface area contributed by atoms with Crippen molar-refractivity contribution < 1.29 is 34.4 Å². The molecule has 1 aliphatic rings. The molecule has 2 amide bonds. The fourth-order valence-corrected chi connectivity index (χ4v) is 3.92. The summed E-state index contributed by atoms with van der Waals surface area (Å²) in [5.74, 6) is -0.491. The van der Waals surface area contributed by atoms with Gasteiger partial charge in [-0.15, -0.1) is 0 Å². The third-order valence-electron chi connectivity index (χ3n) is 5.48. The zero-order valence-corrected chi connectivity index (χ0v) is 20.8. The summed E-state index contributed by atoms with van der Waals surface area (Å²) in [6.07, 6.45) is -2.81. The number of fused-ring (bicyclic) bond motifs is 1. The van der Waals surface area contributed by atoms with E-state index in [4.69, 9.17) is 9.47 Å². The molecule has 2 unspecified atom stereocenters. The molecule has 3 rings (SSSR count). The molecule has 0 aliphatic carbocycles. The monoisotopic (exact) mass is 504 g/mol. The molecular formula is C23H32N6O7. The summed E-state index contributed by atoms with van der Waals surface area (Å²) in [5, 5.41) is 45.1. The maximum Gasteiger partial charge on any atom is 0.408 e. The summed E-state index contributed by atoms with van der Waals surface area (Å²) in [5.41, 5.74) is -0.506. The van der Waals surface area contributed by atoms with E-state index in [0.29, 0.717) is 6.42 Å². The van der Waals surface area contributed by atoms with E-state index in [1.54, 1.807) is 20.8 Å². The highest BCUT2D eigenvalue weighted by Crippen LogP contribution is 2.35. The number of anilines is 1. The minimum Gasteiger partial charge on any atom is -0.444 e. The van der Waals surface area contributed by atoms with Gasteiger partial charge in [-0.2, -0.15) is 5.26 Å². The molecule has 2 aromatic rings. The number of carbonyl (C=O) groups is 2. The number of hydrogen-bond donors (Lipinski definition) is 5. The molecule has 1 aliphatic heterocycles. The normalized spacial score (nSPS) is 22.9. The lowest BCUT2D eigenvalue weighted by Gasteiger charge is -2.24. The fourth-order valence-electron chi connectivity index (χ4n) is 3.92. The standard InChI is InChI=1S/C23H32N6O7/c1-11(2)6-13(27-22(34)36-23(3,4)5)20(33)28-18-15-12(7-24)8-29(19(15)26-10-25-18)21-17(32)16(31)14(9-30)35-21/h8,10-11,13-14,16-17,21,30-32H,6,9H2,1-5H3,(H,27,34)(H,25,26,28,33)/t13?,14-,16?,17+,21-/m1/s1. The van der Waals surface area contributed by atoms with Gasteiger partial charge < -0.3 is 40.0 Å². The maximum absolute atomic E-state index is 13.2. The average Bonchev–Trinajstić information content (AvgIpc) is 3.29. The zero-order chi connectivity index (χ0) is 26.8. The van der Waals surface area contributed by atoms with E-state index < -0.39 is 54.8 Å². The van der Waals surface area contributed by atoms with E-state index >= 15 is 0 Å². The predicted octanol–water partition coefficient (Wildman–Crippen LogP) is 0.792. The molecule has 1 saturated heterocycles. The number of rotatable bonds is 7. The predicted molar refractivity (Wildman–Crippen MR) is 126 cm³/mol. The lowest BCUT2D eigenvalue weighted by atomic mass is 10.0. The smallest absolute Gasteiger partial charge is 0.408 e. The molecule has 0 bridgehead atoms. The number of amides is 2. The number of alkyl carbamates (subject to hydrolysis) is 1. The van der Waals surface area contributed by atoms with Gasteiger partial charge in [-0.3, -0.25) is 4.79 Å². The highest BCUT2D eigenvalue weighted by molar-refractivity contribution is 6.03. The third kappa shape index (κ3) is 5.90. The quantitative estimate of drug-likeness (QED) is 0.360. The number of aromatic nitrogens is 3. The molecule has 2 aromatic heterocycles.